The van der Waals surface area contributed by atoms with Crippen LogP contribution in [0.1, 0.15) is 91.9 Å². The van der Waals surface area contributed by atoms with Gasteiger partial charge in [0.1, 0.15) is 5.75 Å². The van der Waals surface area contributed by atoms with Gasteiger partial charge in [0.15, 0.2) is 0 Å². The lowest BCUT2D eigenvalue weighted by atomic mass is 10.0. The summed E-state index contributed by atoms with van der Waals surface area (Å²) in [4.78, 5) is 11.3. The van der Waals surface area contributed by atoms with E-state index in [1.165, 1.54) is 16.7 Å². The lowest BCUT2D eigenvalue weighted by Crippen LogP contribution is -2.17. The maximum Gasteiger partial charge on any atom is 0.251 e. The van der Waals surface area contributed by atoms with Crippen molar-refractivity contribution in [3.8, 4) is 5.75 Å². The summed E-state index contributed by atoms with van der Waals surface area (Å²) >= 11 is 0. The van der Waals surface area contributed by atoms with Gasteiger partial charge in [-0.15, -0.1) is 0 Å². The molecule has 3 rings (SSSR count). The van der Waals surface area contributed by atoms with Crippen LogP contribution in [0.2, 0.25) is 0 Å². The molecule has 0 saturated heterocycles. The third-order valence-corrected chi connectivity index (χ3v) is 5.65. The quantitative estimate of drug-likeness (QED) is 0.392. The number of amides is 1. The zero-order chi connectivity index (χ0) is 26.4. The van der Waals surface area contributed by atoms with Gasteiger partial charge in [-0.2, -0.15) is 0 Å². The van der Waals surface area contributed by atoms with Gasteiger partial charge in [0.05, 0.1) is 13.7 Å². The van der Waals surface area contributed by atoms with Crippen molar-refractivity contribution in [3.05, 3.63) is 101 Å². The molecule has 0 bridgehead atoms. The molecule has 35 heavy (non-hydrogen) atoms. The molecule has 3 aromatic rings. The summed E-state index contributed by atoms with van der Waals surface area (Å²) < 4.78 is 5.11. The van der Waals surface area contributed by atoms with Gasteiger partial charge >= 0.3 is 0 Å². The van der Waals surface area contributed by atoms with Gasteiger partial charge in [0, 0.05) is 18.2 Å². The zero-order valence-corrected chi connectivity index (χ0v) is 22.6. The number of hydrogen-bond acceptors (Lipinski definition) is 3. The molecule has 0 saturated carbocycles. The van der Waals surface area contributed by atoms with Gasteiger partial charge in [-0.3, -0.25) is 4.79 Å². The Morgan fingerprint density at radius 1 is 0.771 bits per heavy atom. The van der Waals surface area contributed by atoms with Gasteiger partial charge in [0.25, 0.3) is 5.91 Å². The van der Waals surface area contributed by atoms with Crippen molar-refractivity contribution in [3.63, 3.8) is 0 Å². The molecule has 0 aliphatic rings. The van der Waals surface area contributed by atoms with Crippen LogP contribution in [0.15, 0.2) is 72.8 Å². The third kappa shape index (κ3) is 10.4. The lowest BCUT2D eigenvalue weighted by molar-refractivity contribution is 0.0963. The summed E-state index contributed by atoms with van der Waals surface area (Å²) in [6.45, 7) is 12.9. The molecule has 0 unspecified atom stereocenters. The molecule has 1 amide bonds. The second-order valence-electron chi connectivity index (χ2n) is 9.31. The summed E-state index contributed by atoms with van der Waals surface area (Å²) in [6, 6.07) is 24.2. The van der Waals surface area contributed by atoms with Crippen LogP contribution in [0.4, 0.5) is 0 Å². The average molecular weight is 478 g/mol. The number of rotatable bonds is 6. The predicted molar refractivity (Wildman–Crippen MR) is 147 cm³/mol. The van der Waals surface area contributed by atoms with Crippen molar-refractivity contribution in [2.45, 2.75) is 65.9 Å². The van der Waals surface area contributed by atoms with Crippen molar-refractivity contribution in [2.75, 3.05) is 14.2 Å². The van der Waals surface area contributed by atoms with Gasteiger partial charge < -0.3 is 15.2 Å². The highest BCUT2D eigenvalue weighted by atomic mass is 16.5. The minimum atomic E-state index is -0.0255. The highest BCUT2D eigenvalue weighted by molar-refractivity contribution is 5.94. The Hall–Kier alpha value is -3.11. The molecule has 0 spiro atoms. The van der Waals surface area contributed by atoms with Gasteiger partial charge in [-0.1, -0.05) is 90.1 Å². The Morgan fingerprint density at radius 2 is 1.31 bits per heavy atom. The topological polar surface area (TPSA) is 58.6 Å². The fourth-order valence-corrected chi connectivity index (χ4v) is 3.30. The van der Waals surface area contributed by atoms with Crippen molar-refractivity contribution in [2.24, 2.45) is 0 Å². The summed E-state index contributed by atoms with van der Waals surface area (Å²) in [5, 5.41) is 11.7. The third-order valence-electron chi connectivity index (χ3n) is 5.65. The Morgan fingerprint density at radius 3 is 1.77 bits per heavy atom. The maximum atomic E-state index is 11.3. The summed E-state index contributed by atoms with van der Waals surface area (Å²) in [6.07, 6.45) is 0. The molecule has 0 aliphatic carbocycles. The van der Waals surface area contributed by atoms with Crippen LogP contribution in [0.25, 0.3) is 0 Å². The van der Waals surface area contributed by atoms with E-state index in [2.05, 4.69) is 71.1 Å². The first-order valence-electron chi connectivity index (χ1n) is 12.3. The Kier molecular flexibility index (Phi) is 13.4. The van der Waals surface area contributed by atoms with Crippen LogP contribution < -0.4 is 10.1 Å². The molecule has 190 valence electrons. The molecule has 0 fully saturated rings. The van der Waals surface area contributed by atoms with Crippen molar-refractivity contribution in [1.29, 1.82) is 0 Å². The second kappa shape index (κ2) is 15.7. The molecule has 0 aromatic heterocycles. The largest absolute Gasteiger partial charge is 0.496 e. The predicted octanol–water partition coefficient (Wildman–Crippen LogP) is 7.29. The number of nitrogens with one attached hydrogen (secondary N) is 1. The standard InChI is InChI=1S/C11H15NO.C11H16O2.C9H12/c1-8(2)9-5-4-6-10(7-9)11(13)12-3;1-8(2)9-4-5-11(13-3)10(6-9)7-12;1-8(2)9-6-4-3-5-7-9/h4-8H,1-3H3,(H,12,13);4-6,8,12H,7H2,1-3H3;3-8H,1-2H3. The first-order valence-corrected chi connectivity index (χ1v) is 12.3. The van der Waals surface area contributed by atoms with E-state index in [4.69, 9.17) is 9.84 Å². The first-order chi connectivity index (χ1) is 16.6. The Labute approximate surface area is 212 Å². The SMILES string of the molecule is CC(C)c1ccccc1.CNC(=O)c1cccc(C(C)C)c1.COc1ccc(C(C)C)cc1CO. The molecule has 0 aliphatic heterocycles. The fraction of sp³-hybridized carbons (Fsp3) is 0.387. The van der Waals surface area contributed by atoms with Crippen LogP contribution in [-0.2, 0) is 6.61 Å². The van der Waals surface area contributed by atoms with Crippen LogP contribution in [0.5, 0.6) is 5.75 Å². The number of aliphatic hydroxyl groups excluding tert-OH is 1. The molecule has 0 radical (unpaired) electrons. The highest BCUT2D eigenvalue weighted by Crippen LogP contribution is 2.23. The van der Waals surface area contributed by atoms with Crippen molar-refractivity contribution >= 4 is 5.91 Å². The van der Waals surface area contributed by atoms with Crippen LogP contribution in [0.3, 0.4) is 0 Å². The Balaban J connectivity index is 0.000000267. The number of benzene rings is 3. The highest BCUT2D eigenvalue weighted by Gasteiger charge is 2.06. The second-order valence-corrected chi connectivity index (χ2v) is 9.31. The molecule has 2 N–H and O–H groups in total. The normalized spacial score (nSPS) is 10.3. The first kappa shape index (κ1) is 29.9. The van der Waals surface area contributed by atoms with Gasteiger partial charge in [-0.25, -0.2) is 0 Å². The molecule has 4 nitrogen and oxygen atoms in total. The number of aliphatic hydroxyl groups is 1. The monoisotopic (exact) mass is 477 g/mol. The van der Waals surface area contributed by atoms with E-state index in [0.717, 1.165) is 16.9 Å². The van der Waals surface area contributed by atoms with E-state index < -0.39 is 0 Å². The van der Waals surface area contributed by atoms with Crippen LogP contribution >= 0.6 is 0 Å². The number of carbonyl (C=O) groups excluding carboxylic acids is 1. The number of hydrogen-bond donors (Lipinski definition) is 2. The molecular weight excluding hydrogens is 434 g/mol. The van der Waals surface area contributed by atoms with E-state index in [9.17, 15) is 4.79 Å². The van der Waals surface area contributed by atoms with Crippen molar-refractivity contribution < 1.29 is 14.6 Å². The number of carbonyl (C=O) groups is 1. The smallest absolute Gasteiger partial charge is 0.251 e. The van der Waals surface area contributed by atoms with E-state index in [1.54, 1.807) is 14.2 Å². The van der Waals surface area contributed by atoms with Crippen LogP contribution in [-0.4, -0.2) is 25.2 Å². The molecule has 0 atom stereocenters. The number of ether oxygens (including phenoxy) is 1. The van der Waals surface area contributed by atoms with Crippen molar-refractivity contribution in [1.82, 2.24) is 5.32 Å². The van der Waals surface area contributed by atoms with E-state index in [1.807, 2.05) is 48.5 Å². The van der Waals surface area contributed by atoms with Gasteiger partial charge in [-0.05, 0) is 58.7 Å². The minimum Gasteiger partial charge on any atom is -0.496 e. The van der Waals surface area contributed by atoms with E-state index >= 15 is 0 Å². The summed E-state index contributed by atoms with van der Waals surface area (Å²) in [7, 11) is 3.26. The maximum absolute atomic E-state index is 11.3. The van der Waals surface area contributed by atoms with Crippen LogP contribution in [0, 0.1) is 0 Å². The minimum absolute atomic E-state index is 0.0255. The van der Waals surface area contributed by atoms with Gasteiger partial charge in [0.2, 0.25) is 0 Å². The lowest BCUT2D eigenvalue weighted by Gasteiger charge is -2.10. The number of methoxy groups -OCH3 is 1. The summed E-state index contributed by atoms with van der Waals surface area (Å²) in [5.41, 5.74) is 5.42. The molecule has 0 heterocycles. The summed E-state index contributed by atoms with van der Waals surface area (Å²) in [5.74, 6) is 2.33. The molecule has 3 aromatic carbocycles. The average Bonchev–Trinajstić information content (AvgIpc) is 2.88. The molecule has 4 heteroatoms. The molecular formula is C31H43NO3. The Bertz CT molecular complexity index is 1010. The fourth-order valence-electron chi connectivity index (χ4n) is 3.30. The zero-order valence-electron chi connectivity index (χ0n) is 22.6. The van der Waals surface area contributed by atoms with E-state index in [-0.39, 0.29) is 12.5 Å². The van der Waals surface area contributed by atoms with E-state index in [0.29, 0.717) is 17.8 Å².